The van der Waals surface area contributed by atoms with Gasteiger partial charge in [0.25, 0.3) is 5.69 Å². The number of carbonyl (C=O) groups excluding carboxylic acids is 1. The van der Waals surface area contributed by atoms with Crippen LogP contribution in [0.4, 0.5) is 17.1 Å². The average Bonchev–Trinajstić information content (AvgIpc) is 2.67. The Morgan fingerprint density at radius 1 is 1.26 bits per heavy atom. The first-order chi connectivity index (χ1) is 13.0. The van der Waals surface area contributed by atoms with Crippen LogP contribution in [0.15, 0.2) is 40.9 Å². The number of benzene rings is 2. The van der Waals surface area contributed by atoms with Gasteiger partial charge in [-0.05, 0) is 36.8 Å². The minimum absolute atomic E-state index is 0.104. The quantitative estimate of drug-likeness (QED) is 0.420. The van der Waals surface area contributed by atoms with Crippen LogP contribution in [0, 0.1) is 10.1 Å². The second-order valence-electron chi connectivity index (χ2n) is 6.27. The van der Waals surface area contributed by atoms with Crippen molar-refractivity contribution in [2.45, 2.75) is 13.5 Å². The molecule has 0 saturated carbocycles. The van der Waals surface area contributed by atoms with Crippen molar-refractivity contribution in [2.24, 2.45) is 0 Å². The van der Waals surface area contributed by atoms with Gasteiger partial charge in [-0.15, -0.1) is 0 Å². The third-order valence-corrected chi connectivity index (χ3v) is 4.96. The number of carbonyl (C=O) groups is 1. The average molecular weight is 434 g/mol. The molecule has 7 nitrogen and oxygen atoms in total. The summed E-state index contributed by atoms with van der Waals surface area (Å²) in [6.45, 7) is 4.78. The molecule has 0 spiro atoms. The molecule has 27 heavy (non-hydrogen) atoms. The molecular weight excluding hydrogens is 414 g/mol. The molecule has 3 rings (SSSR count). The number of nitro groups is 1. The van der Waals surface area contributed by atoms with Crippen molar-refractivity contribution in [3.05, 3.63) is 62.1 Å². The summed E-state index contributed by atoms with van der Waals surface area (Å²) in [5.41, 5.74) is 2.71. The van der Waals surface area contributed by atoms with Crippen molar-refractivity contribution in [3.8, 4) is 0 Å². The third-order valence-electron chi connectivity index (χ3n) is 4.47. The summed E-state index contributed by atoms with van der Waals surface area (Å²) in [7, 11) is 0. The highest BCUT2D eigenvalue weighted by molar-refractivity contribution is 9.10. The number of anilines is 2. The second kappa shape index (κ2) is 8.49. The Morgan fingerprint density at radius 2 is 2.00 bits per heavy atom. The lowest BCUT2D eigenvalue weighted by Crippen LogP contribution is -2.36. The third kappa shape index (κ3) is 4.64. The Kier molecular flexibility index (Phi) is 6.08. The maximum absolute atomic E-state index is 11.5. The van der Waals surface area contributed by atoms with Crippen LogP contribution in [0.3, 0.4) is 0 Å². The zero-order valence-corrected chi connectivity index (χ0v) is 16.5. The summed E-state index contributed by atoms with van der Waals surface area (Å²) in [5, 5.41) is 14.5. The monoisotopic (exact) mass is 433 g/mol. The molecule has 0 amide bonds. The van der Waals surface area contributed by atoms with E-state index in [4.69, 9.17) is 4.74 Å². The van der Waals surface area contributed by atoms with Gasteiger partial charge in [-0.25, -0.2) is 0 Å². The van der Waals surface area contributed by atoms with Gasteiger partial charge >= 0.3 is 0 Å². The molecule has 2 aromatic rings. The highest BCUT2D eigenvalue weighted by atomic mass is 79.9. The molecule has 0 aromatic heterocycles. The summed E-state index contributed by atoms with van der Waals surface area (Å²) in [4.78, 5) is 24.7. The topological polar surface area (TPSA) is 84.7 Å². The molecule has 0 unspecified atom stereocenters. The summed E-state index contributed by atoms with van der Waals surface area (Å²) in [6, 6.07) is 10.5. The van der Waals surface area contributed by atoms with Crippen LogP contribution in [-0.4, -0.2) is 37.0 Å². The predicted molar refractivity (Wildman–Crippen MR) is 108 cm³/mol. The molecule has 0 bridgehead atoms. The number of nitrogens with one attached hydrogen (secondary N) is 1. The van der Waals surface area contributed by atoms with Gasteiger partial charge in [-0.2, -0.15) is 0 Å². The van der Waals surface area contributed by atoms with E-state index in [9.17, 15) is 14.9 Å². The Labute approximate surface area is 165 Å². The van der Waals surface area contributed by atoms with Crippen LogP contribution in [0.5, 0.6) is 0 Å². The normalized spacial score (nSPS) is 14.1. The standard InChI is InChI=1S/C19H20BrN3O4/c1-13(24)14-3-5-17(19(10-14)23(25)26)21-12-15-2-4-16(20)11-18(15)22-6-8-27-9-7-22/h2-5,10-11,21H,6-9,12H2,1H3. The molecule has 0 atom stereocenters. The van der Waals surface area contributed by atoms with E-state index in [-0.39, 0.29) is 11.5 Å². The van der Waals surface area contributed by atoms with Crippen molar-refractivity contribution < 1.29 is 14.5 Å². The van der Waals surface area contributed by atoms with Crippen molar-refractivity contribution >= 4 is 38.8 Å². The fraction of sp³-hybridized carbons (Fsp3) is 0.316. The molecule has 2 aromatic carbocycles. The van der Waals surface area contributed by atoms with Gasteiger partial charge in [0.2, 0.25) is 0 Å². The lowest BCUT2D eigenvalue weighted by atomic mass is 10.1. The van der Waals surface area contributed by atoms with Crippen LogP contribution < -0.4 is 10.2 Å². The van der Waals surface area contributed by atoms with Gasteiger partial charge in [-0.1, -0.05) is 22.0 Å². The molecular formula is C19H20BrN3O4. The van der Waals surface area contributed by atoms with Gasteiger partial charge in [0.15, 0.2) is 5.78 Å². The van der Waals surface area contributed by atoms with Gasteiger partial charge in [0.05, 0.1) is 18.1 Å². The molecule has 1 heterocycles. The van der Waals surface area contributed by atoms with Gasteiger partial charge < -0.3 is 15.0 Å². The van der Waals surface area contributed by atoms with E-state index in [1.165, 1.54) is 13.0 Å². The summed E-state index contributed by atoms with van der Waals surface area (Å²) < 4.78 is 6.40. The van der Waals surface area contributed by atoms with Crippen LogP contribution in [-0.2, 0) is 11.3 Å². The van der Waals surface area contributed by atoms with E-state index >= 15 is 0 Å². The predicted octanol–water partition coefficient (Wildman–Crippen LogP) is 4.01. The van der Waals surface area contributed by atoms with Crippen LogP contribution in [0.2, 0.25) is 0 Å². The first-order valence-corrected chi connectivity index (χ1v) is 9.39. The van der Waals surface area contributed by atoms with Crippen LogP contribution >= 0.6 is 15.9 Å². The minimum Gasteiger partial charge on any atom is -0.378 e. The SMILES string of the molecule is CC(=O)c1ccc(NCc2ccc(Br)cc2N2CCOCC2)c([N+](=O)[O-])c1. The first kappa shape index (κ1) is 19.3. The maximum Gasteiger partial charge on any atom is 0.293 e. The number of nitro benzene ring substituents is 1. The number of ether oxygens (including phenoxy) is 1. The lowest BCUT2D eigenvalue weighted by Gasteiger charge is -2.31. The largest absolute Gasteiger partial charge is 0.378 e. The first-order valence-electron chi connectivity index (χ1n) is 8.60. The number of halogens is 1. The highest BCUT2D eigenvalue weighted by Crippen LogP contribution is 2.30. The summed E-state index contributed by atoms with van der Waals surface area (Å²) >= 11 is 3.51. The minimum atomic E-state index is -0.473. The summed E-state index contributed by atoms with van der Waals surface area (Å²) in [5.74, 6) is -0.202. The molecule has 1 saturated heterocycles. The van der Waals surface area contributed by atoms with Crippen molar-refractivity contribution in [1.29, 1.82) is 0 Å². The van der Waals surface area contributed by atoms with Crippen molar-refractivity contribution in [2.75, 3.05) is 36.5 Å². The second-order valence-corrected chi connectivity index (χ2v) is 7.19. The molecule has 8 heteroatoms. The number of nitrogens with zero attached hydrogens (tertiary/aromatic N) is 2. The zero-order chi connectivity index (χ0) is 19.4. The molecule has 0 radical (unpaired) electrons. The Hall–Kier alpha value is -2.45. The van der Waals surface area contributed by atoms with E-state index in [1.807, 2.05) is 12.1 Å². The van der Waals surface area contributed by atoms with Crippen molar-refractivity contribution in [3.63, 3.8) is 0 Å². The van der Waals surface area contributed by atoms with Crippen molar-refractivity contribution in [1.82, 2.24) is 0 Å². The fourth-order valence-corrected chi connectivity index (χ4v) is 3.38. The Bertz CT molecular complexity index is 866. The molecule has 1 aliphatic rings. The van der Waals surface area contributed by atoms with Crippen LogP contribution in [0.1, 0.15) is 22.8 Å². The molecule has 1 aliphatic heterocycles. The fourth-order valence-electron chi connectivity index (χ4n) is 3.03. The lowest BCUT2D eigenvalue weighted by molar-refractivity contribution is -0.384. The van der Waals surface area contributed by atoms with Gasteiger partial charge in [-0.3, -0.25) is 14.9 Å². The maximum atomic E-state index is 11.5. The molecule has 1 N–H and O–H groups in total. The number of hydrogen-bond acceptors (Lipinski definition) is 6. The van der Waals surface area contributed by atoms with Gasteiger partial charge in [0.1, 0.15) is 5.69 Å². The van der Waals surface area contributed by atoms with E-state index in [0.29, 0.717) is 31.0 Å². The van der Waals surface area contributed by atoms with Crippen LogP contribution in [0.25, 0.3) is 0 Å². The smallest absolute Gasteiger partial charge is 0.293 e. The summed E-state index contributed by atoms with van der Waals surface area (Å²) in [6.07, 6.45) is 0. The van der Waals surface area contributed by atoms with E-state index in [0.717, 1.165) is 28.8 Å². The van der Waals surface area contributed by atoms with E-state index in [1.54, 1.807) is 12.1 Å². The zero-order valence-electron chi connectivity index (χ0n) is 14.9. The number of morpholine rings is 1. The Balaban J connectivity index is 1.84. The molecule has 142 valence electrons. The molecule has 0 aliphatic carbocycles. The molecule has 1 fully saturated rings. The Morgan fingerprint density at radius 3 is 2.67 bits per heavy atom. The number of Topliss-reactive ketones (excluding diaryl/α,β-unsaturated/α-hetero) is 1. The number of hydrogen-bond donors (Lipinski definition) is 1. The number of ketones is 1. The van der Waals surface area contributed by atoms with Gasteiger partial charge in [0, 0.05) is 41.4 Å². The number of rotatable bonds is 6. The van der Waals surface area contributed by atoms with E-state index < -0.39 is 4.92 Å². The highest BCUT2D eigenvalue weighted by Gasteiger charge is 2.18. The van der Waals surface area contributed by atoms with E-state index in [2.05, 4.69) is 32.2 Å².